The van der Waals surface area contributed by atoms with E-state index < -0.39 is 0 Å². The van der Waals surface area contributed by atoms with Gasteiger partial charge in [-0.3, -0.25) is 4.90 Å². The van der Waals surface area contributed by atoms with Gasteiger partial charge in [0.15, 0.2) is 0 Å². The molecule has 0 saturated carbocycles. The third-order valence-corrected chi connectivity index (χ3v) is 6.13. The summed E-state index contributed by atoms with van der Waals surface area (Å²) in [5, 5.41) is 8.91. The van der Waals surface area contributed by atoms with Crippen LogP contribution in [-0.2, 0) is 12.0 Å². The van der Waals surface area contributed by atoms with Crippen molar-refractivity contribution in [3.63, 3.8) is 0 Å². The minimum atomic E-state index is 0.0722. The van der Waals surface area contributed by atoms with Crippen LogP contribution in [-0.4, -0.2) is 32.0 Å². The Bertz CT molecular complexity index is 728. The van der Waals surface area contributed by atoms with Gasteiger partial charge in [-0.2, -0.15) is 0 Å². The van der Waals surface area contributed by atoms with Crippen LogP contribution >= 0.6 is 0 Å². The van der Waals surface area contributed by atoms with E-state index in [0.717, 1.165) is 12.2 Å². The fourth-order valence-corrected chi connectivity index (χ4v) is 4.50. The van der Waals surface area contributed by atoms with Gasteiger partial charge in [-0.05, 0) is 43.7 Å². The highest BCUT2D eigenvalue weighted by Crippen LogP contribution is 2.41. The molecule has 25 heavy (non-hydrogen) atoms. The van der Waals surface area contributed by atoms with Crippen molar-refractivity contribution in [2.45, 2.75) is 83.5 Å². The smallest absolute Gasteiger partial charge is 0.0880 e. The molecule has 2 aliphatic heterocycles. The molecule has 2 aromatic rings. The molecule has 4 heteroatoms. The first-order chi connectivity index (χ1) is 11.9. The van der Waals surface area contributed by atoms with Gasteiger partial charge in [0.25, 0.3) is 0 Å². The van der Waals surface area contributed by atoms with Crippen LogP contribution in [0.3, 0.4) is 0 Å². The van der Waals surface area contributed by atoms with Gasteiger partial charge in [-0.15, -0.1) is 5.10 Å². The van der Waals surface area contributed by atoms with Crippen molar-refractivity contribution in [3.05, 3.63) is 47.3 Å². The highest BCUT2D eigenvalue weighted by molar-refractivity contribution is 5.26. The normalized spacial score (nSPS) is 27.0. The van der Waals surface area contributed by atoms with Gasteiger partial charge >= 0.3 is 0 Å². The summed E-state index contributed by atoms with van der Waals surface area (Å²) < 4.78 is 2.15. The molecule has 1 aromatic carbocycles. The zero-order chi connectivity index (χ0) is 17.6. The molecular formula is C21H30N4. The SMILES string of the molecule is Cc1ccccc1CN1C2CCC1CC(n1cc(C(C)(C)C)nn1)C2. The fourth-order valence-electron chi connectivity index (χ4n) is 4.50. The number of hydrogen-bond donors (Lipinski definition) is 0. The van der Waals surface area contributed by atoms with Crippen LogP contribution in [0.15, 0.2) is 30.5 Å². The van der Waals surface area contributed by atoms with Crippen molar-refractivity contribution in [1.82, 2.24) is 19.9 Å². The zero-order valence-electron chi connectivity index (χ0n) is 15.9. The van der Waals surface area contributed by atoms with E-state index in [4.69, 9.17) is 0 Å². The van der Waals surface area contributed by atoms with E-state index in [0.29, 0.717) is 18.1 Å². The largest absolute Gasteiger partial charge is 0.293 e. The van der Waals surface area contributed by atoms with Crippen LogP contribution in [0, 0.1) is 6.92 Å². The predicted molar refractivity (Wildman–Crippen MR) is 101 cm³/mol. The van der Waals surface area contributed by atoms with Crippen molar-refractivity contribution in [2.75, 3.05) is 0 Å². The number of benzene rings is 1. The number of aromatic nitrogens is 3. The third-order valence-electron chi connectivity index (χ3n) is 6.13. The third kappa shape index (κ3) is 3.24. The molecule has 2 fully saturated rings. The molecule has 0 aliphatic carbocycles. The van der Waals surface area contributed by atoms with Crippen molar-refractivity contribution < 1.29 is 0 Å². The van der Waals surface area contributed by atoms with E-state index in [1.165, 1.54) is 36.8 Å². The number of rotatable bonds is 3. The second-order valence-corrected chi connectivity index (χ2v) is 8.94. The topological polar surface area (TPSA) is 34.0 Å². The summed E-state index contributed by atoms with van der Waals surface area (Å²) in [5.74, 6) is 0. The summed E-state index contributed by atoms with van der Waals surface area (Å²) in [6.07, 6.45) is 7.24. The van der Waals surface area contributed by atoms with Crippen LogP contribution in [0.1, 0.15) is 69.3 Å². The first-order valence-corrected chi connectivity index (χ1v) is 9.64. The van der Waals surface area contributed by atoms with Crippen molar-refractivity contribution in [1.29, 1.82) is 0 Å². The van der Waals surface area contributed by atoms with Crippen molar-refractivity contribution in [2.24, 2.45) is 0 Å². The van der Waals surface area contributed by atoms with Crippen LogP contribution in [0.5, 0.6) is 0 Å². The number of hydrogen-bond acceptors (Lipinski definition) is 3. The van der Waals surface area contributed by atoms with Gasteiger partial charge in [0.1, 0.15) is 0 Å². The minimum Gasteiger partial charge on any atom is -0.293 e. The van der Waals surface area contributed by atoms with Crippen LogP contribution in [0.4, 0.5) is 0 Å². The molecule has 0 spiro atoms. The molecule has 2 bridgehead atoms. The Morgan fingerprint density at radius 3 is 2.32 bits per heavy atom. The Balaban J connectivity index is 1.48. The Hall–Kier alpha value is -1.68. The Morgan fingerprint density at radius 2 is 1.72 bits per heavy atom. The molecule has 0 amide bonds. The second kappa shape index (κ2) is 6.24. The maximum absolute atomic E-state index is 4.47. The summed E-state index contributed by atoms with van der Waals surface area (Å²) in [7, 11) is 0. The Labute approximate surface area is 151 Å². The highest BCUT2D eigenvalue weighted by atomic mass is 15.4. The molecule has 1 aromatic heterocycles. The van der Waals surface area contributed by atoms with Crippen molar-refractivity contribution >= 4 is 0 Å². The van der Waals surface area contributed by atoms with E-state index in [9.17, 15) is 0 Å². The first-order valence-electron chi connectivity index (χ1n) is 9.64. The van der Waals surface area contributed by atoms with Gasteiger partial charge in [-0.25, -0.2) is 4.68 Å². The molecule has 2 aliphatic rings. The summed E-state index contributed by atoms with van der Waals surface area (Å²) >= 11 is 0. The van der Waals surface area contributed by atoms with Gasteiger partial charge in [-0.1, -0.05) is 50.3 Å². The van der Waals surface area contributed by atoms with E-state index in [-0.39, 0.29) is 5.41 Å². The van der Waals surface area contributed by atoms with Gasteiger partial charge < -0.3 is 0 Å². The Kier molecular flexibility index (Phi) is 4.19. The molecule has 0 N–H and O–H groups in total. The molecule has 3 heterocycles. The molecule has 4 rings (SSSR count). The van der Waals surface area contributed by atoms with Gasteiger partial charge in [0.05, 0.1) is 11.7 Å². The summed E-state index contributed by atoms with van der Waals surface area (Å²) in [5.41, 5.74) is 4.06. The monoisotopic (exact) mass is 338 g/mol. The minimum absolute atomic E-state index is 0.0722. The van der Waals surface area contributed by atoms with Crippen molar-refractivity contribution in [3.8, 4) is 0 Å². The lowest BCUT2D eigenvalue weighted by Crippen LogP contribution is -2.43. The summed E-state index contributed by atoms with van der Waals surface area (Å²) in [6.45, 7) is 9.94. The lowest BCUT2D eigenvalue weighted by Gasteiger charge is -2.39. The maximum atomic E-state index is 4.47. The quantitative estimate of drug-likeness (QED) is 0.839. The molecule has 134 valence electrons. The maximum Gasteiger partial charge on any atom is 0.0880 e. The standard InChI is InChI=1S/C21H30N4/c1-15-7-5-6-8-16(15)13-24-17-9-10-18(24)12-19(11-17)25-14-20(22-23-25)21(2,3)4/h5-8,14,17-19H,9-13H2,1-4H3. The Morgan fingerprint density at radius 1 is 1.04 bits per heavy atom. The fraction of sp³-hybridized carbons (Fsp3) is 0.619. The average molecular weight is 338 g/mol. The van der Waals surface area contributed by atoms with Gasteiger partial charge in [0.2, 0.25) is 0 Å². The number of fused-ring (bicyclic) bond motifs is 2. The number of nitrogens with zero attached hydrogens (tertiary/aromatic N) is 4. The van der Waals surface area contributed by atoms with Gasteiger partial charge in [0, 0.05) is 30.2 Å². The van der Waals surface area contributed by atoms with E-state index in [1.54, 1.807) is 0 Å². The van der Waals surface area contributed by atoms with E-state index >= 15 is 0 Å². The molecule has 0 radical (unpaired) electrons. The summed E-state index contributed by atoms with van der Waals surface area (Å²) in [4.78, 5) is 2.75. The summed E-state index contributed by atoms with van der Waals surface area (Å²) in [6, 6.07) is 10.7. The average Bonchev–Trinajstić information content (AvgIpc) is 3.13. The number of piperidine rings is 1. The number of aryl methyl sites for hydroxylation is 1. The highest BCUT2D eigenvalue weighted by Gasteiger charge is 2.41. The van der Waals surface area contributed by atoms with Crippen LogP contribution in [0.25, 0.3) is 0 Å². The van der Waals surface area contributed by atoms with E-state index in [2.05, 4.69) is 78.1 Å². The second-order valence-electron chi connectivity index (χ2n) is 8.94. The molecule has 2 unspecified atom stereocenters. The zero-order valence-corrected chi connectivity index (χ0v) is 15.9. The predicted octanol–water partition coefficient (Wildman–Crippen LogP) is 4.25. The molecule has 2 atom stereocenters. The first kappa shape index (κ1) is 16.8. The van der Waals surface area contributed by atoms with E-state index in [1.807, 2.05) is 0 Å². The van der Waals surface area contributed by atoms with Crippen LogP contribution in [0.2, 0.25) is 0 Å². The lowest BCUT2D eigenvalue weighted by atomic mass is 9.92. The molecule has 2 saturated heterocycles. The molecular weight excluding hydrogens is 308 g/mol. The molecule has 4 nitrogen and oxygen atoms in total. The lowest BCUT2D eigenvalue weighted by molar-refractivity contribution is 0.0943. The van der Waals surface area contributed by atoms with Crippen LogP contribution < -0.4 is 0 Å².